The maximum atomic E-state index is 13.2. The van der Waals surface area contributed by atoms with E-state index in [9.17, 15) is 24.3 Å². The van der Waals surface area contributed by atoms with E-state index in [-0.39, 0.29) is 13.2 Å². The molecular weight excluding hydrogens is 668 g/mol. The molecule has 2 saturated carbocycles. The third-order valence-electron chi connectivity index (χ3n) is 12.8. The van der Waals surface area contributed by atoms with Gasteiger partial charge in [-0.15, -0.1) is 0 Å². The predicted molar refractivity (Wildman–Crippen MR) is 191 cm³/mol. The van der Waals surface area contributed by atoms with Gasteiger partial charge in [0.1, 0.15) is 24.1 Å². The van der Waals surface area contributed by atoms with Gasteiger partial charge in [-0.3, -0.25) is 19.2 Å². The number of carbonyl (C=O) groups is 4. The standard InChI is InChI=1S/C41H56O11/c1-10-48-31-15-12-11-14-30(31)17-20-41(46)24(2)22-34(50-27(5)43)39(9)33(41)18-19-38(8)32-16-13-21-47-23-40(32,25(3)49-26(4)42)37(52-29(7)45)35(36(38)39)51-28(6)44/h11-16,22,25,32-37,46H,10,17-21,23H2,1-9H3/t25?,32-,33+,34+,35?,36?,37-,38-,39+,40+,41-/m0/s1. The van der Waals surface area contributed by atoms with Crippen molar-refractivity contribution in [2.24, 2.45) is 34.0 Å². The first-order valence-electron chi connectivity index (χ1n) is 18.5. The number of aliphatic hydroxyl groups is 1. The van der Waals surface area contributed by atoms with E-state index in [0.29, 0.717) is 37.9 Å². The molecule has 3 unspecified atom stereocenters. The highest BCUT2D eigenvalue weighted by Crippen LogP contribution is 2.72. The van der Waals surface area contributed by atoms with Crippen molar-refractivity contribution in [3.63, 3.8) is 0 Å². The first-order chi connectivity index (χ1) is 24.5. The Hall–Kier alpha value is -3.70. The molecule has 4 aliphatic rings. The van der Waals surface area contributed by atoms with E-state index < -0.39 is 87.9 Å². The Morgan fingerprint density at radius 3 is 2.29 bits per heavy atom. The summed E-state index contributed by atoms with van der Waals surface area (Å²) in [6, 6.07) is 7.80. The van der Waals surface area contributed by atoms with Crippen LogP contribution in [0.25, 0.3) is 0 Å². The summed E-state index contributed by atoms with van der Waals surface area (Å²) in [6.45, 7) is 15.8. The lowest BCUT2D eigenvalue weighted by Crippen LogP contribution is -2.76. The van der Waals surface area contributed by atoms with Gasteiger partial charge in [0.15, 0.2) is 6.10 Å². The SMILES string of the molecule is CCOc1ccccc1CC[C@]1(O)C(C)=C[C@@H](OC(C)=O)[C@]2(C)C3C(OC(C)=O)[C@H](OC(C)=O)[C@@]4(C(C)OC(C)=O)COCC=C[C@H]4[C@]3(C)CC[C@H]21. The number of ether oxygens (including phenoxy) is 6. The van der Waals surface area contributed by atoms with Gasteiger partial charge in [0.05, 0.1) is 30.8 Å². The summed E-state index contributed by atoms with van der Waals surface area (Å²) in [5.41, 5.74) is -2.66. The Labute approximate surface area is 307 Å². The number of para-hydroxylation sites is 1. The van der Waals surface area contributed by atoms with Gasteiger partial charge in [-0.1, -0.05) is 44.2 Å². The van der Waals surface area contributed by atoms with Gasteiger partial charge < -0.3 is 33.5 Å². The summed E-state index contributed by atoms with van der Waals surface area (Å²) in [4.78, 5) is 51.7. The van der Waals surface area contributed by atoms with Gasteiger partial charge in [-0.05, 0) is 81.1 Å². The molecule has 0 aromatic heterocycles. The fourth-order valence-electron chi connectivity index (χ4n) is 10.9. The highest BCUT2D eigenvalue weighted by atomic mass is 16.6. The summed E-state index contributed by atoms with van der Waals surface area (Å²) in [5.74, 6) is -2.98. The number of carbonyl (C=O) groups excluding carboxylic acids is 4. The molecule has 0 bridgehead atoms. The molecule has 11 heteroatoms. The second-order valence-corrected chi connectivity index (χ2v) is 15.7. The van der Waals surface area contributed by atoms with E-state index >= 15 is 0 Å². The summed E-state index contributed by atoms with van der Waals surface area (Å²) in [5, 5.41) is 13.1. The minimum atomic E-state index is -1.36. The molecule has 11 nitrogen and oxygen atoms in total. The Kier molecular flexibility index (Phi) is 11.4. The van der Waals surface area contributed by atoms with Crippen molar-refractivity contribution in [1.82, 2.24) is 0 Å². The molecule has 0 amide bonds. The van der Waals surface area contributed by atoms with Crippen LogP contribution < -0.4 is 4.74 Å². The van der Waals surface area contributed by atoms with E-state index in [1.807, 2.05) is 57.2 Å². The summed E-state index contributed by atoms with van der Waals surface area (Å²) in [6.07, 6.45) is 3.91. The minimum absolute atomic E-state index is 0.0485. The van der Waals surface area contributed by atoms with Crippen LogP contribution in [0.4, 0.5) is 0 Å². The molecule has 1 aromatic carbocycles. The average molecular weight is 725 g/mol. The molecular formula is C41H56O11. The second kappa shape index (κ2) is 15.0. The molecule has 1 aromatic rings. The molecule has 52 heavy (non-hydrogen) atoms. The Morgan fingerprint density at radius 2 is 1.65 bits per heavy atom. The van der Waals surface area contributed by atoms with Gasteiger partial charge in [0, 0.05) is 44.9 Å². The first-order valence-corrected chi connectivity index (χ1v) is 18.5. The predicted octanol–water partition coefficient (Wildman–Crippen LogP) is 5.70. The maximum absolute atomic E-state index is 13.2. The van der Waals surface area contributed by atoms with Crippen LogP contribution in [0.3, 0.4) is 0 Å². The van der Waals surface area contributed by atoms with Crippen molar-refractivity contribution < 1.29 is 52.7 Å². The number of allylic oxidation sites excluding steroid dienone is 1. The molecule has 1 N–H and O–H groups in total. The monoisotopic (exact) mass is 724 g/mol. The second-order valence-electron chi connectivity index (χ2n) is 15.7. The number of rotatable bonds is 10. The molecule has 1 aliphatic heterocycles. The molecule has 2 fully saturated rings. The largest absolute Gasteiger partial charge is 0.494 e. The maximum Gasteiger partial charge on any atom is 0.303 e. The molecule has 1 heterocycles. The molecule has 286 valence electrons. The zero-order valence-electron chi connectivity index (χ0n) is 32.1. The van der Waals surface area contributed by atoms with Crippen LogP contribution in [0.15, 0.2) is 48.1 Å². The van der Waals surface area contributed by atoms with Gasteiger partial charge in [-0.25, -0.2) is 0 Å². The van der Waals surface area contributed by atoms with E-state index in [2.05, 4.69) is 13.0 Å². The Balaban J connectivity index is 1.75. The number of aryl methyl sites for hydroxylation is 1. The van der Waals surface area contributed by atoms with Crippen molar-refractivity contribution in [3.8, 4) is 5.75 Å². The third kappa shape index (κ3) is 6.68. The van der Waals surface area contributed by atoms with Crippen LogP contribution in [0.1, 0.15) is 87.1 Å². The quantitative estimate of drug-likeness (QED) is 0.180. The molecule has 0 spiro atoms. The molecule has 5 rings (SSSR count). The van der Waals surface area contributed by atoms with Gasteiger partial charge in [0.2, 0.25) is 0 Å². The lowest BCUT2D eigenvalue weighted by atomic mass is 9.35. The van der Waals surface area contributed by atoms with Crippen LogP contribution in [0.5, 0.6) is 5.75 Å². The van der Waals surface area contributed by atoms with Gasteiger partial charge in [-0.2, -0.15) is 0 Å². The molecule has 11 atom stereocenters. The Morgan fingerprint density at radius 1 is 0.981 bits per heavy atom. The lowest BCUT2D eigenvalue weighted by molar-refractivity contribution is -0.304. The van der Waals surface area contributed by atoms with Crippen molar-refractivity contribution in [2.75, 3.05) is 19.8 Å². The zero-order valence-corrected chi connectivity index (χ0v) is 32.1. The van der Waals surface area contributed by atoms with Gasteiger partial charge >= 0.3 is 23.9 Å². The normalized spacial score (nSPS) is 37.1. The first kappa shape index (κ1) is 39.5. The van der Waals surface area contributed by atoms with Crippen molar-refractivity contribution >= 4 is 23.9 Å². The van der Waals surface area contributed by atoms with E-state index in [1.54, 1.807) is 6.92 Å². The lowest BCUT2D eigenvalue weighted by Gasteiger charge is -2.71. The third-order valence-corrected chi connectivity index (χ3v) is 12.8. The number of hydrogen-bond acceptors (Lipinski definition) is 11. The van der Waals surface area contributed by atoms with E-state index in [1.165, 1.54) is 27.7 Å². The van der Waals surface area contributed by atoms with E-state index in [0.717, 1.165) is 11.3 Å². The van der Waals surface area contributed by atoms with Crippen LogP contribution in [-0.4, -0.2) is 78.8 Å². The van der Waals surface area contributed by atoms with Crippen LogP contribution in [0.2, 0.25) is 0 Å². The highest BCUT2D eigenvalue weighted by Gasteiger charge is 2.76. The molecule has 0 saturated heterocycles. The number of fused-ring (bicyclic) bond motifs is 5. The van der Waals surface area contributed by atoms with Crippen molar-refractivity contribution in [1.29, 1.82) is 0 Å². The van der Waals surface area contributed by atoms with Crippen LogP contribution >= 0.6 is 0 Å². The fourth-order valence-corrected chi connectivity index (χ4v) is 10.9. The smallest absolute Gasteiger partial charge is 0.303 e. The van der Waals surface area contributed by atoms with Crippen molar-refractivity contribution in [2.45, 2.75) is 118 Å². The van der Waals surface area contributed by atoms with Crippen LogP contribution in [0, 0.1) is 34.0 Å². The van der Waals surface area contributed by atoms with Crippen molar-refractivity contribution in [3.05, 3.63) is 53.6 Å². The van der Waals surface area contributed by atoms with E-state index in [4.69, 9.17) is 28.4 Å². The summed E-state index contributed by atoms with van der Waals surface area (Å²) in [7, 11) is 0. The highest BCUT2D eigenvalue weighted by molar-refractivity contribution is 5.68. The number of esters is 4. The number of benzene rings is 1. The topological polar surface area (TPSA) is 144 Å². The van der Waals surface area contributed by atoms with Crippen LogP contribution in [-0.2, 0) is 49.3 Å². The molecule has 3 aliphatic carbocycles. The zero-order chi connectivity index (χ0) is 38.2. The fraction of sp³-hybridized carbons (Fsp3) is 0.659. The molecule has 0 radical (unpaired) electrons. The summed E-state index contributed by atoms with van der Waals surface area (Å²) < 4.78 is 36.8. The Bertz CT molecular complexity index is 1600. The number of hydrogen-bond donors (Lipinski definition) is 1. The average Bonchev–Trinajstić information content (AvgIpc) is 3.29. The summed E-state index contributed by atoms with van der Waals surface area (Å²) >= 11 is 0. The van der Waals surface area contributed by atoms with Gasteiger partial charge in [0.25, 0.3) is 0 Å². The minimum Gasteiger partial charge on any atom is -0.494 e.